The lowest BCUT2D eigenvalue weighted by Gasteiger charge is -2.36. The Balaban J connectivity index is 1.57. The first-order chi connectivity index (χ1) is 11.7. The standard InChI is InChI=1S/C18H30N4O2/c1-2-16(15-23)20-18(24)19-9-6-10-21-11-13-22(14-12-21)17-7-4-3-5-8-17/h3-5,7-8,16,23H,2,6,9-15H2,1H3,(H2,19,20,24). The third kappa shape index (κ3) is 6.02. The number of nitrogens with one attached hydrogen (secondary N) is 2. The normalized spacial score (nSPS) is 16.7. The van der Waals surface area contributed by atoms with Gasteiger partial charge in [0.25, 0.3) is 0 Å². The molecule has 24 heavy (non-hydrogen) atoms. The number of carbonyl (C=O) groups excluding carboxylic acids is 1. The Morgan fingerprint density at radius 2 is 1.92 bits per heavy atom. The van der Waals surface area contributed by atoms with E-state index < -0.39 is 0 Å². The fraction of sp³-hybridized carbons (Fsp3) is 0.611. The monoisotopic (exact) mass is 334 g/mol. The highest BCUT2D eigenvalue weighted by Crippen LogP contribution is 2.15. The highest BCUT2D eigenvalue weighted by atomic mass is 16.3. The third-order valence-electron chi connectivity index (χ3n) is 4.48. The van der Waals surface area contributed by atoms with E-state index in [2.05, 4.69) is 44.7 Å². The summed E-state index contributed by atoms with van der Waals surface area (Å²) in [6, 6.07) is 10.2. The zero-order valence-corrected chi connectivity index (χ0v) is 14.6. The molecule has 1 atom stereocenters. The van der Waals surface area contributed by atoms with E-state index in [1.807, 2.05) is 13.0 Å². The number of nitrogens with zero attached hydrogens (tertiary/aromatic N) is 2. The Morgan fingerprint density at radius 1 is 1.21 bits per heavy atom. The van der Waals surface area contributed by atoms with E-state index in [1.54, 1.807) is 0 Å². The summed E-state index contributed by atoms with van der Waals surface area (Å²) in [6.45, 7) is 7.80. The van der Waals surface area contributed by atoms with Gasteiger partial charge in [-0.15, -0.1) is 0 Å². The molecule has 6 heteroatoms. The van der Waals surface area contributed by atoms with Crippen molar-refractivity contribution in [2.75, 3.05) is 50.8 Å². The topological polar surface area (TPSA) is 67.8 Å². The molecule has 0 saturated carbocycles. The number of hydrogen-bond donors (Lipinski definition) is 3. The van der Waals surface area contributed by atoms with E-state index >= 15 is 0 Å². The lowest BCUT2D eigenvalue weighted by molar-refractivity contribution is 0.213. The fourth-order valence-corrected chi connectivity index (χ4v) is 2.89. The maximum Gasteiger partial charge on any atom is 0.315 e. The number of aliphatic hydroxyl groups is 1. The van der Waals surface area contributed by atoms with Crippen LogP contribution < -0.4 is 15.5 Å². The van der Waals surface area contributed by atoms with Crippen LogP contribution in [0.4, 0.5) is 10.5 Å². The highest BCUT2D eigenvalue weighted by molar-refractivity contribution is 5.74. The van der Waals surface area contributed by atoms with Crippen molar-refractivity contribution >= 4 is 11.7 Å². The van der Waals surface area contributed by atoms with Gasteiger partial charge in [0.2, 0.25) is 0 Å². The predicted octanol–water partition coefficient (Wildman–Crippen LogP) is 1.27. The Labute approximate surface area is 144 Å². The first-order valence-corrected chi connectivity index (χ1v) is 8.90. The minimum atomic E-state index is -0.190. The SMILES string of the molecule is CCC(CO)NC(=O)NCCCN1CCN(c2ccccc2)CC1. The summed E-state index contributed by atoms with van der Waals surface area (Å²) in [6.07, 6.45) is 1.67. The lowest BCUT2D eigenvalue weighted by Crippen LogP contribution is -2.47. The predicted molar refractivity (Wildman–Crippen MR) is 97.4 cm³/mol. The maximum atomic E-state index is 11.7. The Bertz CT molecular complexity index is 471. The summed E-state index contributed by atoms with van der Waals surface area (Å²) < 4.78 is 0. The average Bonchev–Trinajstić information content (AvgIpc) is 2.64. The molecule has 134 valence electrons. The number of anilines is 1. The number of piperazine rings is 1. The minimum Gasteiger partial charge on any atom is -0.394 e. The number of rotatable bonds is 8. The molecule has 2 amide bonds. The van der Waals surface area contributed by atoms with E-state index in [1.165, 1.54) is 5.69 Å². The molecule has 0 bridgehead atoms. The molecule has 3 N–H and O–H groups in total. The number of urea groups is 1. The quantitative estimate of drug-likeness (QED) is 0.626. The van der Waals surface area contributed by atoms with Crippen molar-refractivity contribution < 1.29 is 9.90 Å². The zero-order chi connectivity index (χ0) is 17.2. The molecule has 1 unspecified atom stereocenters. The summed E-state index contributed by atoms with van der Waals surface area (Å²) in [5.41, 5.74) is 1.30. The van der Waals surface area contributed by atoms with Crippen molar-refractivity contribution in [1.29, 1.82) is 0 Å². The van der Waals surface area contributed by atoms with Gasteiger partial charge in [0, 0.05) is 38.4 Å². The molecule has 1 aliphatic rings. The van der Waals surface area contributed by atoms with Gasteiger partial charge >= 0.3 is 6.03 Å². The van der Waals surface area contributed by atoms with Gasteiger partial charge in [-0.1, -0.05) is 25.1 Å². The van der Waals surface area contributed by atoms with Crippen LogP contribution in [0.15, 0.2) is 30.3 Å². The van der Waals surface area contributed by atoms with Gasteiger partial charge < -0.3 is 20.6 Å². The Kier molecular flexibility index (Phi) is 7.85. The van der Waals surface area contributed by atoms with Gasteiger partial charge in [0.05, 0.1) is 12.6 Å². The van der Waals surface area contributed by atoms with Crippen LogP contribution in [0.3, 0.4) is 0 Å². The lowest BCUT2D eigenvalue weighted by atomic mass is 10.2. The number of para-hydroxylation sites is 1. The largest absolute Gasteiger partial charge is 0.394 e. The summed E-state index contributed by atoms with van der Waals surface area (Å²) >= 11 is 0. The van der Waals surface area contributed by atoms with Crippen molar-refractivity contribution in [3.8, 4) is 0 Å². The molecule has 0 radical (unpaired) electrons. The number of carbonyl (C=O) groups is 1. The zero-order valence-electron chi connectivity index (χ0n) is 14.6. The van der Waals surface area contributed by atoms with Gasteiger partial charge in [-0.3, -0.25) is 4.90 Å². The molecular formula is C18H30N4O2. The number of benzene rings is 1. The van der Waals surface area contributed by atoms with E-state index in [0.717, 1.165) is 45.6 Å². The molecule has 0 aromatic heterocycles. The first kappa shape index (κ1) is 18.5. The van der Waals surface area contributed by atoms with Crippen LogP contribution in [0.5, 0.6) is 0 Å². The third-order valence-corrected chi connectivity index (χ3v) is 4.48. The average molecular weight is 334 g/mol. The fourth-order valence-electron chi connectivity index (χ4n) is 2.89. The smallest absolute Gasteiger partial charge is 0.315 e. The van der Waals surface area contributed by atoms with Crippen molar-refractivity contribution in [3.63, 3.8) is 0 Å². The first-order valence-electron chi connectivity index (χ1n) is 8.90. The molecule has 2 rings (SSSR count). The molecule has 0 spiro atoms. The van der Waals surface area contributed by atoms with E-state index in [0.29, 0.717) is 6.54 Å². The van der Waals surface area contributed by atoms with Crippen molar-refractivity contribution in [2.45, 2.75) is 25.8 Å². The van der Waals surface area contributed by atoms with Gasteiger partial charge in [0.15, 0.2) is 0 Å². The second kappa shape index (κ2) is 10.2. The molecule has 1 fully saturated rings. The van der Waals surface area contributed by atoms with Crippen LogP contribution in [0, 0.1) is 0 Å². The number of hydrogen-bond acceptors (Lipinski definition) is 4. The molecule has 0 aliphatic carbocycles. The van der Waals surface area contributed by atoms with Crippen molar-refractivity contribution in [3.05, 3.63) is 30.3 Å². The van der Waals surface area contributed by atoms with Gasteiger partial charge in [0.1, 0.15) is 0 Å². The van der Waals surface area contributed by atoms with Crippen molar-refractivity contribution in [1.82, 2.24) is 15.5 Å². The number of amides is 2. The van der Waals surface area contributed by atoms with Crippen LogP contribution in [-0.2, 0) is 0 Å². The second-order valence-electron chi connectivity index (χ2n) is 6.21. The maximum absolute atomic E-state index is 11.7. The van der Waals surface area contributed by atoms with Crippen LogP contribution in [0.2, 0.25) is 0 Å². The highest BCUT2D eigenvalue weighted by Gasteiger charge is 2.16. The molecule has 1 heterocycles. The van der Waals surface area contributed by atoms with E-state index in [-0.39, 0.29) is 18.7 Å². The summed E-state index contributed by atoms with van der Waals surface area (Å²) in [7, 11) is 0. The Hall–Kier alpha value is -1.79. The summed E-state index contributed by atoms with van der Waals surface area (Å²) in [5, 5.41) is 14.7. The molecular weight excluding hydrogens is 304 g/mol. The Morgan fingerprint density at radius 3 is 2.54 bits per heavy atom. The molecule has 1 aromatic rings. The minimum absolute atomic E-state index is 0.0182. The van der Waals surface area contributed by atoms with E-state index in [4.69, 9.17) is 5.11 Å². The van der Waals surface area contributed by atoms with E-state index in [9.17, 15) is 4.79 Å². The number of aliphatic hydroxyl groups excluding tert-OH is 1. The van der Waals surface area contributed by atoms with Crippen LogP contribution in [-0.4, -0.2) is 68.0 Å². The molecule has 1 aromatic carbocycles. The van der Waals surface area contributed by atoms with Crippen molar-refractivity contribution in [2.24, 2.45) is 0 Å². The second-order valence-corrected chi connectivity index (χ2v) is 6.21. The van der Waals surface area contributed by atoms with Crippen LogP contribution >= 0.6 is 0 Å². The van der Waals surface area contributed by atoms with Crippen LogP contribution in [0.1, 0.15) is 19.8 Å². The van der Waals surface area contributed by atoms with Crippen LogP contribution in [0.25, 0.3) is 0 Å². The summed E-state index contributed by atoms with van der Waals surface area (Å²) in [5.74, 6) is 0. The molecule has 1 saturated heterocycles. The van der Waals surface area contributed by atoms with Gasteiger partial charge in [-0.05, 0) is 31.5 Å². The molecule has 1 aliphatic heterocycles. The van der Waals surface area contributed by atoms with Gasteiger partial charge in [-0.25, -0.2) is 4.79 Å². The molecule has 6 nitrogen and oxygen atoms in total. The van der Waals surface area contributed by atoms with Gasteiger partial charge in [-0.2, -0.15) is 0 Å². The summed E-state index contributed by atoms with van der Waals surface area (Å²) in [4.78, 5) is 16.5.